The summed E-state index contributed by atoms with van der Waals surface area (Å²) in [6.07, 6.45) is 9.28. The summed E-state index contributed by atoms with van der Waals surface area (Å²) >= 11 is 0. The Morgan fingerprint density at radius 2 is 2.17 bits per heavy atom. The minimum absolute atomic E-state index is 0.849. The maximum atomic E-state index is 2.45. The lowest BCUT2D eigenvalue weighted by Gasteiger charge is -2.14. The fourth-order valence-electron chi connectivity index (χ4n) is 2.34. The zero-order chi connectivity index (χ0) is 8.97. The molecule has 0 amide bonds. The molecule has 1 rings (SSSR count). The zero-order valence-corrected chi connectivity index (χ0v) is 8.77. The van der Waals surface area contributed by atoms with Crippen LogP contribution in [0.3, 0.4) is 0 Å². The summed E-state index contributed by atoms with van der Waals surface area (Å²) in [5.74, 6) is 1.80. The first-order chi connectivity index (χ1) is 5.74. The van der Waals surface area contributed by atoms with Crippen LogP contribution < -0.4 is 0 Å². The van der Waals surface area contributed by atoms with Gasteiger partial charge in [0.2, 0.25) is 0 Å². The van der Waals surface area contributed by atoms with Gasteiger partial charge in [0, 0.05) is 0 Å². The van der Waals surface area contributed by atoms with Gasteiger partial charge in [0.05, 0.1) is 0 Å². The number of hydrogen-bond donors (Lipinski definition) is 0. The summed E-state index contributed by atoms with van der Waals surface area (Å²) < 4.78 is 0. The minimum atomic E-state index is 0.849. The van der Waals surface area contributed by atoms with Crippen LogP contribution in [0.25, 0.3) is 0 Å². The summed E-state index contributed by atoms with van der Waals surface area (Å²) in [5, 5.41) is 0. The maximum Gasteiger partial charge on any atom is -0.0229 e. The maximum absolute atomic E-state index is 2.45. The van der Waals surface area contributed by atoms with Crippen LogP contribution >= 0.6 is 0 Å². The third-order valence-electron chi connectivity index (χ3n) is 3.02. The molecule has 70 valence electrons. The van der Waals surface area contributed by atoms with Gasteiger partial charge in [0.15, 0.2) is 0 Å². The van der Waals surface area contributed by atoms with Gasteiger partial charge in [0.1, 0.15) is 0 Å². The molecule has 0 N–H and O–H groups in total. The van der Waals surface area contributed by atoms with Crippen LogP contribution in [0.2, 0.25) is 0 Å². The van der Waals surface area contributed by atoms with Gasteiger partial charge in [-0.3, -0.25) is 0 Å². The molecule has 2 unspecified atom stereocenters. The monoisotopic (exact) mass is 166 g/mol. The molecule has 12 heavy (non-hydrogen) atoms. The average Bonchev–Trinajstić information content (AvgIpc) is 2.15. The van der Waals surface area contributed by atoms with E-state index in [0.29, 0.717) is 0 Å². The summed E-state index contributed by atoms with van der Waals surface area (Å²) in [6, 6.07) is 0. The molecule has 1 aliphatic carbocycles. The van der Waals surface area contributed by atoms with Crippen LogP contribution in [0.5, 0.6) is 0 Å². The van der Waals surface area contributed by atoms with E-state index in [1.807, 2.05) is 0 Å². The van der Waals surface area contributed by atoms with Crippen molar-refractivity contribution in [2.75, 3.05) is 0 Å². The minimum Gasteiger partial charge on any atom is -0.0853 e. The number of rotatable bonds is 1. The average molecular weight is 166 g/mol. The third-order valence-corrected chi connectivity index (χ3v) is 3.02. The van der Waals surface area contributed by atoms with Gasteiger partial charge in [0.25, 0.3) is 0 Å². The first-order valence-corrected chi connectivity index (χ1v) is 5.43. The molecule has 0 aliphatic heterocycles. The van der Waals surface area contributed by atoms with Crippen LogP contribution in [0, 0.1) is 11.8 Å². The molecule has 0 nitrogen and oxygen atoms in total. The van der Waals surface area contributed by atoms with Gasteiger partial charge in [-0.25, -0.2) is 0 Å². The predicted octanol–water partition coefficient (Wildman–Crippen LogP) is 4.17. The van der Waals surface area contributed by atoms with Gasteiger partial charge in [-0.15, -0.1) is 0 Å². The molecule has 0 heterocycles. The molecule has 0 spiro atoms. The molecule has 0 saturated heterocycles. The highest BCUT2D eigenvalue weighted by Crippen LogP contribution is 2.31. The van der Waals surface area contributed by atoms with E-state index in [1.54, 1.807) is 5.57 Å². The summed E-state index contributed by atoms with van der Waals surface area (Å²) in [5.41, 5.74) is 1.72. The third kappa shape index (κ3) is 2.66. The van der Waals surface area contributed by atoms with Crippen molar-refractivity contribution in [3.05, 3.63) is 11.6 Å². The van der Waals surface area contributed by atoms with Gasteiger partial charge in [-0.2, -0.15) is 0 Å². The van der Waals surface area contributed by atoms with E-state index in [0.717, 1.165) is 11.8 Å². The smallest absolute Gasteiger partial charge is 0.0229 e. The van der Waals surface area contributed by atoms with Crippen LogP contribution in [0.4, 0.5) is 0 Å². The van der Waals surface area contributed by atoms with Crippen molar-refractivity contribution in [1.29, 1.82) is 0 Å². The highest BCUT2D eigenvalue weighted by atomic mass is 14.2. The molecule has 0 aromatic carbocycles. The number of hydrogen-bond acceptors (Lipinski definition) is 0. The van der Waals surface area contributed by atoms with E-state index in [9.17, 15) is 0 Å². The van der Waals surface area contributed by atoms with E-state index in [4.69, 9.17) is 0 Å². The van der Waals surface area contributed by atoms with Crippen molar-refractivity contribution < 1.29 is 0 Å². The van der Waals surface area contributed by atoms with Gasteiger partial charge < -0.3 is 0 Å². The quantitative estimate of drug-likeness (QED) is 0.405. The predicted molar refractivity (Wildman–Crippen MR) is 55.2 cm³/mol. The first kappa shape index (κ1) is 9.83. The van der Waals surface area contributed by atoms with Gasteiger partial charge >= 0.3 is 0 Å². The summed E-state index contributed by atoms with van der Waals surface area (Å²) in [7, 11) is 0. The Hall–Kier alpha value is -0.260. The van der Waals surface area contributed by atoms with E-state index >= 15 is 0 Å². The van der Waals surface area contributed by atoms with Crippen molar-refractivity contribution in [1.82, 2.24) is 0 Å². The van der Waals surface area contributed by atoms with Crippen molar-refractivity contribution in [2.24, 2.45) is 11.8 Å². The molecule has 0 aromatic heterocycles. The standard InChI is InChI=1S/C12H22/c1-4-6-12-8-5-7-10(2)9-11(12)3/h6,10-11H,4-5,7-9H2,1-3H3. The first-order valence-electron chi connectivity index (χ1n) is 5.43. The highest BCUT2D eigenvalue weighted by molar-refractivity contribution is 5.07. The Labute approximate surface area is 77.1 Å². The molecule has 2 atom stereocenters. The lowest BCUT2D eigenvalue weighted by Crippen LogP contribution is -2.01. The Bertz CT molecular complexity index is 155. The van der Waals surface area contributed by atoms with Crippen LogP contribution in [-0.4, -0.2) is 0 Å². The topological polar surface area (TPSA) is 0 Å². The van der Waals surface area contributed by atoms with Crippen molar-refractivity contribution in [3.63, 3.8) is 0 Å². The van der Waals surface area contributed by atoms with E-state index in [1.165, 1.54) is 32.1 Å². The Kier molecular flexibility index (Phi) is 3.84. The molecule has 0 aromatic rings. The normalized spacial score (nSPS) is 35.1. The largest absolute Gasteiger partial charge is 0.0853 e. The second kappa shape index (κ2) is 4.69. The van der Waals surface area contributed by atoms with E-state index < -0.39 is 0 Å². The van der Waals surface area contributed by atoms with E-state index in [-0.39, 0.29) is 0 Å². The SMILES string of the molecule is CCC=C1CCCC(C)CC1C. The Morgan fingerprint density at radius 1 is 1.42 bits per heavy atom. The summed E-state index contributed by atoms with van der Waals surface area (Å²) in [4.78, 5) is 0. The summed E-state index contributed by atoms with van der Waals surface area (Å²) in [6.45, 7) is 7.03. The molecular formula is C12H22. The molecule has 1 saturated carbocycles. The second-order valence-electron chi connectivity index (χ2n) is 4.32. The fourth-order valence-corrected chi connectivity index (χ4v) is 2.34. The lowest BCUT2D eigenvalue weighted by atomic mass is 9.92. The Balaban J connectivity index is 2.57. The second-order valence-corrected chi connectivity index (χ2v) is 4.32. The Morgan fingerprint density at radius 3 is 2.83 bits per heavy atom. The van der Waals surface area contributed by atoms with Crippen LogP contribution in [0.15, 0.2) is 11.6 Å². The highest BCUT2D eigenvalue weighted by Gasteiger charge is 2.16. The van der Waals surface area contributed by atoms with Crippen LogP contribution in [-0.2, 0) is 0 Å². The van der Waals surface area contributed by atoms with Crippen LogP contribution in [0.1, 0.15) is 52.9 Å². The molecule has 0 heteroatoms. The van der Waals surface area contributed by atoms with Gasteiger partial charge in [-0.1, -0.05) is 38.8 Å². The molecule has 1 fully saturated rings. The zero-order valence-electron chi connectivity index (χ0n) is 8.77. The molecule has 0 radical (unpaired) electrons. The van der Waals surface area contributed by atoms with Gasteiger partial charge in [-0.05, 0) is 37.5 Å². The van der Waals surface area contributed by atoms with Crippen molar-refractivity contribution >= 4 is 0 Å². The van der Waals surface area contributed by atoms with E-state index in [2.05, 4.69) is 26.8 Å². The fraction of sp³-hybridized carbons (Fsp3) is 0.833. The molecule has 1 aliphatic rings. The molecular weight excluding hydrogens is 144 g/mol. The number of allylic oxidation sites excluding steroid dienone is 2. The van der Waals surface area contributed by atoms with Crippen molar-refractivity contribution in [2.45, 2.75) is 52.9 Å². The lowest BCUT2D eigenvalue weighted by molar-refractivity contribution is 0.453. The van der Waals surface area contributed by atoms with Crippen molar-refractivity contribution in [3.8, 4) is 0 Å². The molecule has 0 bridgehead atoms.